The van der Waals surface area contributed by atoms with Crippen molar-refractivity contribution >= 4 is 34.8 Å². The molecule has 0 fully saturated rings. The summed E-state index contributed by atoms with van der Waals surface area (Å²) in [6.45, 7) is 1.93. The van der Waals surface area contributed by atoms with Gasteiger partial charge >= 0.3 is 0 Å². The molecule has 1 heterocycles. The first-order valence-corrected chi connectivity index (χ1v) is 9.92. The van der Waals surface area contributed by atoms with E-state index in [1.54, 1.807) is 0 Å². The van der Waals surface area contributed by atoms with Gasteiger partial charge in [-0.2, -0.15) is 5.10 Å². The summed E-state index contributed by atoms with van der Waals surface area (Å²) in [6.07, 6.45) is 1.96. The highest BCUT2D eigenvalue weighted by atomic mass is 32.2. The molecule has 1 aromatic heterocycles. The van der Waals surface area contributed by atoms with Crippen molar-refractivity contribution in [2.24, 2.45) is 0 Å². The minimum absolute atomic E-state index is 0.800. The summed E-state index contributed by atoms with van der Waals surface area (Å²) in [5.41, 5.74) is 0.861. The van der Waals surface area contributed by atoms with Gasteiger partial charge in [0.15, 0.2) is 7.14 Å². The lowest BCUT2D eigenvalue weighted by Crippen LogP contribution is -2.26. The van der Waals surface area contributed by atoms with Gasteiger partial charge in [0.05, 0.1) is 5.30 Å². The van der Waals surface area contributed by atoms with Gasteiger partial charge in [-0.25, -0.2) is 0 Å². The third-order valence-corrected chi connectivity index (χ3v) is 7.69. The number of hydrogen-bond donors (Lipinski definition) is 1. The maximum absolute atomic E-state index is 14.2. The normalized spacial score (nSPS) is 11.5. The van der Waals surface area contributed by atoms with Crippen LogP contribution in [0.25, 0.3) is 0 Å². The Labute approximate surface area is 134 Å². The number of rotatable bonds is 4. The molecule has 0 amide bonds. The molecule has 112 valence electrons. The van der Waals surface area contributed by atoms with Crippen molar-refractivity contribution in [2.75, 3.05) is 6.26 Å². The van der Waals surface area contributed by atoms with E-state index in [2.05, 4.69) is 10.2 Å². The van der Waals surface area contributed by atoms with Crippen molar-refractivity contribution in [1.82, 2.24) is 10.2 Å². The number of aryl methyl sites for hydroxylation is 1. The predicted octanol–water partition coefficient (Wildman–Crippen LogP) is 3.08. The minimum atomic E-state index is -2.93. The molecule has 3 rings (SSSR count). The molecular formula is C17H17N2OPS. The number of nitrogens with one attached hydrogen (secondary N) is 1. The molecule has 0 aliphatic rings. The lowest BCUT2D eigenvalue weighted by Gasteiger charge is -2.20. The molecule has 1 N–H and O–H groups in total. The Balaban J connectivity index is 2.34. The summed E-state index contributed by atoms with van der Waals surface area (Å²) in [7, 11) is -2.93. The van der Waals surface area contributed by atoms with Crippen molar-refractivity contribution in [1.29, 1.82) is 0 Å². The number of aromatic amines is 1. The van der Waals surface area contributed by atoms with E-state index in [1.807, 2.05) is 73.8 Å². The average Bonchev–Trinajstić information content (AvgIpc) is 2.97. The summed E-state index contributed by atoms with van der Waals surface area (Å²) in [5, 5.41) is 10.6. The molecule has 0 saturated heterocycles. The van der Waals surface area contributed by atoms with Crippen molar-refractivity contribution in [3.8, 4) is 0 Å². The Morgan fingerprint density at radius 2 is 1.45 bits per heavy atom. The van der Waals surface area contributed by atoms with Gasteiger partial charge in [0, 0.05) is 16.3 Å². The standard InChI is InChI=1S/C17H17N2OPS/c1-13-16(17(22-2)19-18-13)21(20,14-9-5-3-6-10-14)15-11-7-4-8-12-15/h3-12H,1-2H3,(H,18,19). The lowest BCUT2D eigenvalue weighted by atomic mass is 10.4. The molecule has 3 aromatic rings. The van der Waals surface area contributed by atoms with Crippen LogP contribution in [0.5, 0.6) is 0 Å². The molecule has 0 unspecified atom stereocenters. The maximum Gasteiger partial charge on any atom is 0.175 e. The first kappa shape index (κ1) is 15.1. The Morgan fingerprint density at radius 1 is 0.955 bits per heavy atom. The zero-order chi connectivity index (χ0) is 15.6. The third-order valence-electron chi connectivity index (χ3n) is 3.63. The van der Waals surface area contributed by atoms with Crippen LogP contribution in [0, 0.1) is 6.92 Å². The quantitative estimate of drug-likeness (QED) is 0.591. The zero-order valence-electron chi connectivity index (χ0n) is 12.5. The van der Waals surface area contributed by atoms with Crippen LogP contribution in [0.2, 0.25) is 0 Å². The fraction of sp³-hybridized carbons (Fsp3) is 0.118. The zero-order valence-corrected chi connectivity index (χ0v) is 14.2. The van der Waals surface area contributed by atoms with Crippen LogP contribution in [0.3, 0.4) is 0 Å². The first-order valence-electron chi connectivity index (χ1n) is 6.98. The summed E-state index contributed by atoms with van der Waals surface area (Å²) in [6, 6.07) is 19.3. The molecule has 22 heavy (non-hydrogen) atoms. The molecule has 0 spiro atoms. The van der Waals surface area contributed by atoms with E-state index in [-0.39, 0.29) is 0 Å². The summed E-state index contributed by atoms with van der Waals surface area (Å²) in [5.74, 6) is 0. The van der Waals surface area contributed by atoms with Gasteiger partial charge in [-0.15, -0.1) is 11.8 Å². The second-order valence-electron chi connectivity index (χ2n) is 4.99. The Morgan fingerprint density at radius 3 is 1.91 bits per heavy atom. The average molecular weight is 328 g/mol. The van der Waals surface area contributed by atoms with E-state index in [4.69, 9.17) is 0 Å². The molecular weight excluding hydrogens is 311 g/mol. The number of benzene rings is 2. The molecule has 0 aliphatic heterocycles. The van der Waals surface area contributed by atoms with Gasteiger partial charge in [-0.3, -0.25) is 5.10 Å². The molecule has 2 aromatic carbocycles. The topological polar surface area (TPSA) is 45.8 Å². The molecule has 0 saturated carbocycles. The number of thioether (sulfide) groups is 1. The molecule has 0 aliphatic carbocycles. The van der Waals surface area contributed by atoms with Crippen molar-refractivity contribution in [3.05, 3.63) is 66.4 Å². The molecule has 0 atom stereocenters. The molecule has 0 bridgehead atoms. The van der Waals surface area contributed by atoms with Crippen LogP contribution in [-0.4, -0.2) is 16.5 Å². The Hall–Kier alpha value is -1.77. The third kappa shape index (κ3) is 2.43. The summed E-state index contributed by atoms with van der Waals surface area (Å²) in [4.78, 5) is 0. The van der Waals surface area contributed by atoms with Gasteiger partial charge in [-0.1, -0.05) is 60.7 Å². The van der Waals surface area contributed by atoms with E-state index in [0.717, 1.165) is 26.6 Å². The van der Waals surface area contributed by atoms with Crippen LogP contribution < -0.4 is 15.9 Å². The molecule has 5 heteroatoms. The SMILES string of the molecule is CSc1n[nH]c(C)c1P(=O)(c1ccccc1)c1ccccc1. The van der Waals surface area contributed by atoms with Crippen LogP contribution in [-0.2, 0) is 4.57 Å². The lowest BCUT2D eigenvalue weighted by molar-refractivity contribution is 0.592. The van der Waals surface area contributed by atoms with E-state index >= 15 is 0 Å². The predicted molar refractivity (Wildman–Crippen MR) is 94.5 cm³/mol. The van der Waals surface area contributed by atoms with E-state index in [1.165, 1.54) is 11.8 Å². The fourth-order valence-electron chi connectivity index (χ4n) is 2.60. The van der Waals surface area contributed by atoms with Crippen molar-refractivity contribution in [3.63, 3.8) is 0 Å². The highest BCUT2D eigenvalue weighted by Gasteiger charge is 2.35. The van der Waals surface area contributed by atoms with Gasteiger partial charge in [-0.05, 0) is 13.2 Å². The van der Waals surface area contributed by atoms with E-state index in [9.17, 15) is 4.57 Å². The van der Waals surface area contributed by atoms with E-state index < -0.39 is 7.14 Å². The minimum Gasteiger partial charge on any atom is -0.308 e. The largest absolute Gasteiger partial charge is 0.308 e. The van der Waals surface area contributed by atoms with Crippen molar-refractivity contribution in [2.45, 2.75) is 11.9 Å². The Kier molecular flexibility index (Phi) is 4.23. The molecule has 3 nitrogen and oxygen atoms in total. The number of H-pyrrole nitrogens is 1. The number of hydrogen-bond acceptors (Lipinski definition) is 3. The highest BCUT2D eigenvalue weighted by Crippen LogP contribution is 2.45. The van der Waals surface area contributed by atoms with Crippen LogP contribution in [0.15, 0.2) is 65.7 Å². The van der Waals surface area contributed by atoms with Gasteiger partial charge < -0.3 is 4.57 Å². The van der Waals surface area contributed by atoms with Crippen LogP contribution in [0.4, 0.5) is 0 Å². The summed E-state index contributed by atoms with van der Waals surface area (Å²) < 4.78 is 14.2. The Bertz CT molecular complexity index is 772. The van der Waals surface area contributed by atoms with E-state index in [0.29, 0.717) is 0 Å². The molecule has 0 radical (unpaired) electrons. The fourth-order valence-corrected chi connectivity index (χ4v) is 6.58. The first-order chi connectivity index (χ1) is 10.7. The monoisotopic (exact) mass is 328 g/mol. The maximum atomic E-state index is 14.2. The second kappa shape index (κ2) is 6.15. The van der Waals surface area contributed by atoms with Crippen LogP contribution >= 0.6 is 18.9 Å². The van der Waals surface area contributed by atoms with Gasteiger partial charge in [0.2, 0.25) is 0 Å². The van der Waals surface area contributed by atoms with Crippen LogP contribution in [0.1, 0.15) is 5.69 Å². The van der Waals surface area contributed by atoms with Gasteiger partial charge in [0.25, 0.3) is 0 Å². The van der Waals surface area contributed by atoms with Gasteiger partial charge in [0.1, 0.15) is 5.03 Å². The summed E-state index contributed by atoms with van der Waals surface area (Å²) >= 11 is 1.52. The van der Waals surface area contributed by atoms with Crippen molar-refractivity contribution < 1.29 is 4.57 Å². The number of nitrogens with zero attached hydrogens (tertiary/aromatic N) is 1. The smallest absolute Gasteiger partial charge is 0.175 e. The number of aromatic nitrogens is 2. The second-order valence-corrected chi connectivity index (χ2v) is 8.48. The highest BCUT2D eigenvalue weighted by molar-refractivity contribution is 7.99.